The van der Waals surface area contributed by atoms with Crippen LogP contribution in [0.5, 0.6) is 0 Å². The molecule has 0 saturated carbocycles. The fraction of sp³-hybridized carbons (Fsp3) is 0.0667. The minimum absolute atomic E-state index is 0.202. The van der Waals surface area contributed by atoms with Crippen LogP contribution in [-0.4, -0.2) is 17.2 Å². The topological polar surface area (TPSA) is 24.4 Å². The zero-order chi connectivity index (χ0) is 14.1. The molecular weight excluding hydrogens is 278 g/mol. The van der Waals surface area contributed by atoms with Crippen LogP contribution >= 0.6 is 12.2 Å². The number of aliphatic imine (C=N–C) groups is 1. The zero-order valence-corrected chi connectivity index (χ0v) is 11.2. The Morgan fingerprint density at radius 1 is 1.00 bits per heavy atom. The van der Waals surface area contributed by atoms with Crippen LogP contribution < -0.4 is 5.32 Å². The van der Waals surface area contributed by atoms with Crippen LogP contribution in [0.2, 0.25) is 0 Å². The van der Waals surface area contributed by atoms with E-state index < -0.39 is 11.6 Å². The largest absolute Gasteiger partial charge is 0.348 e. The lowest BCUT2D eigenvalue weighted by Crippen LogP contribution is -2.11. The molecule has 0 saturated heterocycles. The van der Waals surface area contributed by atoms with Crippen molar-refractivity contribution in [3.05, 3.63) is 65.2 Å². The first-order chi connectivity index (χ1) is 9.66. The van der Waals surface area contributed by atoms with Crippen LogP contribution in [0.25, 0.3) is 0 Å². The lowest BCUT2D eigenvalue weighted by Gasteiger charge is -2.11. The maximum atomic E-state index is 14.2. The van der Waals surface area contributed by atoms with E-state index >= 15 is 0 Å². The fourth-order valence-electron chi connectivity index (χ4n) is 2.16. The van der Waals surface area contributed by atoms with Gasteiger partial charge < -0.3 is 5.32 Å². The number of fused-ring (bicyclic) bond motifs is 1. The standard InChI is InChI=1S/C15H10F2N2S/c16-10-5-2-1-4-9(10)15-14-11(17)6-3-7-12(14)19-13(20)8-18-15/h1-7H,8H2,(H,19,20). The van der Waals surface area contributed by atoms with E-state index in [4.69, 9.17) is 12.2 Å². The Hall–Kier alpha value is -2.14. The van der Waals surface area contributed by atoms with Gasteiger partial charge in [-0.2, -0.15) is 0 Å². The number of benzene rings is 2. The first kappa shape index (κ1) is 12.9. The van der Waals surface area contributed by atoms with Crippen molar-refractivity contribution in [3.8, 4) is 0 Å². The second-order valence-electron chi connectivity index (χ2n) is 4.36. The van der Waals surface area contributed by atoms with Crippen LogP contribution in [-0.2, 0) is 0 Å². The van der Waals surface area contributed by atoms with Gasteiger partial charge in [0.15, 0.2) is 0 Å². The monoisotopic (exact) mass is 288 g/mol. The SMILES string of the molecule is Fc1ccccc1C1=NCC(=S)Nc2cccc(F)c21. The van der Waals surface area contributed by atoms with Gasteiger partial charge in [-0.05, 0) is 24.3 Å². The van der Waals surface area contributed by atoms with Gasteiger partial charge in [-0.1, -0.05) is 30.4 Å². The van der Waals surface area contributed by atoms with Gasteiger partial charge in [0, 0.05) is 5.56 Å². The number of nitrogens with zero attached hydrogens (tertiary/aromatic N) is 1. The van der Waals surface area contributed by atoms with Crippen molar-refractivity contribution in [2.75, 3.05) is 11.9 Å². The summed E-state index contributed by atoms with van der Waals surface area (Å²) in [5, 5.41) is 2.94. The minimum Gasteiger partial charge on any atom is -0.348 e. The highest BCUT2D eigenvalue weighted by Crippen LogP contribution is 2.26. The van der Waals surface area contributed by atoms with Crippen LogP contribution in [0.15, 0.2) is 47.5 Å². The summed E-state index contributed by atoms with van der Waals surface area (Å²) in [5.41, 5.74) is 1.31. The third kappa shape index (κ3) is 2.20. The zero-order valence-electron chi connectivity index (χ0n) is 10.4. The molecule has 2 aromatic rings. The van der Waals surface area contributed by atoms with E-state index in [9.17, 15) is 8.78 Å². The summed E-state index contributed by atoms with van der Waals surface area (Å²) in [4.78, 5) is 4.75. The van der Waals surface area contributed by atoms with E-state index in [0.717, 1.165) is 0 Å². The molecule has 0 aliphatic carbocycles. The molecule has 1 aliphatic heterocycles. The molecule has 0 fully saturated rings. The second kappa shape index (κ2) is 5.09. The number of rotatable bonds is 1. The van der Waals surface area contributed by atoms with Gasteiger partial charge >= 0.3 is 0 Å². The third-order valence-corrected chi connectivity index (χ3v) is 3.27. The van der Waals surface area contributed by atoms with Crippen molar-refractivity contribution < 1.29 is 8.78 Å². The van der Waals surface area contributed by atoms with Gasteiger partial charge in [0.2, 0.25) is 0 Å². The van der Waals surface area contributed by atoms with Crippen molar-refractivity contribution in [2.45, 2.75) is 0 Å². The molecular formula is C15H10F2N2S. The smallest absolute Gasteiger partial charge is 0.134 e. The molecule has 20 heavy (non-hydrogen) atoms. The Morgan fingerprint density at radius 2 is 1.75 bits per heavy atom. The Labute approximate surface area is 120 Å². The first-order valence-electron chi connectivity index (χ1n) is 6.05. The highest BCUT2D eigenvalue weighted by atomic mass is 32.1. The molecule has 1 heterocycles. The Bertz CT molecular complexity index is 726. The molecule has 3 rings (SSSR count). The van der Waals surface area contributed by atoms with E-state index in [-0.39, 0.29) is 23.4 Å². The van der Waals surface area contributed by atoms with Gasteiger partial charge in [-0.3, -0.25) is 4.99 Å². The average Bonchev–Trinajstić information content (AvgIpc) is 2.59. The maximum absolute atomic E-state index is 14.2. The summed E-state index contributed by atoms with van der Waals surface area (Å²) in [5.74, 6) is -0.894. The number of thiocarbonyl (C=S) groups is 1. The number of hydrogen-bond acceptors (Lipinski definition) is 2. The number of anilines is 1. The van der Waals surface area contributed by atoms with Crippen LogP contribution in [0.1, 0.15) is 11.1 Å². The molecule has 2 nitrogen and oxygen atoms in total. The molecule has 0 aromatic heterocycles. The highest BCUT2D eigenvalue weighted by molar-refractivity contribution is 7.80. The summed E-state index contributed by atoms with van der Waals surface area (Å²) >= 11 is 5.11. The number of nitrogens with one attached hydrogen (secondary N) is 1. The van der Waals surface area contributed by atoms with Crippen LogP contribution in [0, 0.1) is 11.6 Å². The normalized spacial score (nSPS) is 14.1. The minimum atomic E-state index is -0.457. The fourth-order valence-corrected chi connectivity index (χ4v) is 2.34. The molecule has 0 spiro atoms. The molecule has 100 valence electrons. The molecule has 0 atom stereocenters. The number of halogens is 2. The lowest BCUT2D eigenvalue weighted by atomic mass is 9.99. The van der Waals surface area contributed by atoms with Crippen molar-refractivity contribution in [3.63, 3.8) is 0 Å². The quantitative estimate of drug-likeness (QED) is 0.811. The van der Waals surface area contributed by atoms with E-state index in [1.165, 1.54) is 12.1 Å². The summed E-state index contributed by atoms with van der Waals surface area (Å²) in [6, 6.07) is 10.8. The summed E-state index contributed by atoms with van der Waals surface area (Å²) in [6.45, 7) is 0.202. The predicted molar refractivity (Wildman–Crippen MR) is 79.5 cm³/mol. The van der Waals surface area contributed by atoms with Gasteiger partial charge in [0.1, 0.15) is 16.6 Å². The van der Waals surface area contributed by atoms with E-state index in [1.54, 1.807) is 30.3 Å². The van der Waals surface area contributed by atoms with Crippen molar-refractivity contribution in [2.24, 2.45) is 4.99 Å². The van der Waals surface area contributed by atoms with Gasteiger partial charge in [0.05, 0.1) is 23.5 Å². The maximum Gasteiger partial charge on any atom is 0.134 e. The Balaban J connectivity index is 2.26. The Morgan fingerprint density at radius 3 is 2.55 bits per heavy atom. The predicted octanol–water partition coefficient (Wildman–Crippen LogP) is 3.56. The van der Waals surface area contributed by atoms with Crippen LogP contribution in [0.3, 0.4) is 0 Å². The molecule has 0 radical (unpaired) electrons. The Kier molecular flexibility index (Phi) is 3.28. The number of benzodiazepines with no additional fused rings is 1. The molecule has 1 N–H and O–H groups in total. The number of hydrogen-bond donors (Lipinski definition) is 1. The summed E-state index contributed by atoms with van der Waals surface area (Å²) in [7, 11) is 0. The van der Waals surface area contributed by atoms with E-state index in [1.807, 2.05) is 0 Å². The van der Waals surface area contributed by atoms with Crippen LogP contribution in [0.4, 0.5) is 14.5 Å². The summed E-state index contributed by atoms with van der Waals surface area (Å²) in [6.07, 6.45) is 0. The third-order valence-electron chi connectivity index (χ3n) is 3.03. The molecule has 0 amide bonds. The second-order valence-corrected chi connectivity index (χ2v) is 4.85. The van der Waals surface area contributed by atoms with E-state index in [2.05, 4.69) is 10.3 Å². The van der Waals surface area contributed by atoms with Gasteiger partial charge in [0.25, 0.3) is 0 Å². The average molecular weight is 288 g/mol. The van der Waals surface area contributed by atoms with Crippen molar-refractivity contribution in [1.29, 1.82) is 0 Å². The molecule has 1 aliphatic rings. The summed E-state index contributed by atoms with van der Waals surface area (Å²) < 4.78 is 28.1. The molecule has 5 heteroatoms. The van der Waals surface area contributed by atoms with Gasteiger partial charge in [-0.25, -0.2) is 8.78 Å². The van der Waals surface area contributed by atoms with Gasteiger partial charge in [-0.15, -0.1) is 0 Å². The van der Waals surface area contributed by atoms with E-state index in [0.29, 0.717) is 10.7 Å². The molecule has 2 aromatic carbocycles. The lowest BCUT2D eigenvalue weighted by molar-refractivity contribution is 0.621. The van der Waals surface area contributed by atoms with Crippen molar-refractivity contribution >= 4 is 28.6 Å². The first-order valence-corrected chi connectivity index (χ1v) is 6.46. The highest BCUT2D eigenvalue weighted by Gasteiger charge is 2.21. The molecule has 0 unspecified atom stereocenters. The van der Waals surface area contributed by atoms with Crippen molar-refractivity contribution in [1.82, 2.24) is 0 Å². The molecule has 0 bridgehead atoms.